The van der Waals surface area contributed by atoms with Crippen molar-refractivity contribution in [3.63, 3.8) is 0 Å². The molecular formula is C16H22O3. The van der Waals surface area contributed by atoms with E-state index in [1.807, 2.05) is 6.07 Å². The van der Waals surface area contributed by atoms with E-state index in [9.17, 15) is 4.79 Å². The average molecular weight is 262 g/mol. The monoisotopic (exact) mass is 262 g/mol. The van der Waals surface area contributed by atoms with Crippen molar-refractivity contribution in [2.24, 2.45) is 5.41 Å². The second kappa shape index (κ2) is 5.64. The highest BCUT2D eigenvalue weighted by molar-refractivity contribution is 5.73. The molecule has 0 amide bonds. The van der Waals surface area contributed by atoms with E-state index >= 15 is 0 Å². The molecule has 0 unspecified atom stereocenters. The summed E-state index contributed by atoms with van der Waals surface area (Å²) in [6.07, 6.45) is 4.97. The van der Waals surface area contributed by atoms with Gasteiger partial charge in [0.2, 0.25) is 0 Å². The summed E-state index contributed by atoms with van der Waals surface area (Å²) in [6.45, 7) is 4.09. The number of carbonyl (C=O) groups is 1. The van der Waals surface area contributed by atoms with Crippen molar-refractivity contribution in [2.45, 2.75) is 46.0 Å². The summed E-state index contributed by atoms with van der Waals surface area (Å²) >= 11 is 0. The molecule has 0 fully saturated rings. The predicted octanol–water partition coefficient (Wildman–Crippen LogP) is 3.45. The van der Waals surface area contributed by atoms with Gasteiger partial charge < -0.3 is 9.84 Å². The van der Waals surface area contributed by atoms with E-state index in [0.29, 0.717) is 13.0 Å². The van der Waals surface area contributed by atoms with Crippen LogP contribution in [0.25, 0.3) is 0 Å². The van der Waals surface area contributed by atoms with Crippen LogP contribution in [0.5, 0.6) is 5.75 Å². The first-order valence-corrected chi connectivity index (χ1v) is 6.97. The van der Waals surface area contributed by atoms with Gasteiger partial charge in [0.25, 0.3) is 0 Å². The molecule has 3 heteroatoms. The van der Waals surface area contributed by atoms with Gasteiger partial charge in [-0.25, -0.2) is 0 Å². The predicted molar refractivity (Wildman–Crippen MR) is 74.6 cm³/mol. The Labute approximate surface area is 114 Å². The zero-order valence-electron chi connectivity index (χ0n) is 11.7. The number of aryl methyl sites for hydroxylation is 2. The van der Waals surface area contributed by atoms with Crippen LogP contribution in [-0.2, 0) is 17.6 Å². The van der Waals surface area contributed by atoms with E-state index in [2.05, 4.69) is 12.1 Å². The average Bonchev–Trinajstić information content (AvgIpc) is 2.81. The van der Waals surface area contributed by atoms with Crippen LogP contribution in [0, 0.1) is 5.41 Å². The molecule has 0 aliphatic heterocycles. The minimum Gasteiger partial charge on any atom is -0.494 e. The van der Waals surface area contributed by atoms with E-state index < -0.39 is 11.4 Å². The van der Waals surface area contributed by atoms with Gasteiger partial charge in [-0.15, -0.1) is 0 Å². The SMILES string of the molecule is CC(C)(CCCOc1ccc2c(c1)CCC2)C(=O)O. The lowest BCUT2D eigenvalue weighted by Gasteiger charge is -2.18. The molecule has 19 heavy (non-hydrogen) atoms. The molecule has 0 spiro atoms. The van der Waals surface area contributed by atoms with Crippen molar-refractivity contribution in [3.8, 4) is 5.75 Å². The summed E-state index contributed by atoms with van der Waals surface area (Å²) in [5.74, 6) is 0.166. The molecule has 0 heterocycles. The lowest BCUT2D eigenvalue weighted by atomic mass is 9.88. The Balaban J connectivity index is 1.79. The maximum absolute atomic E-state index is 11.0. The molecule has 0 bridgehead atoms. The van der Waals surface area contributed by atoms with Gasteiger partial charge in [-0.1, -0.05) is 6.07 Å². The highest BCUT2D eigenvalue weighted by atomic mass is 16.5. The maximum Gasteiger partial charge on any atom is 0.309 e. The van der Waals surface area contributed by atoms with Crippen LogP contribution in [0.3, 0.4) is 0 Å². The van der Waals surface area contributed by atoms with Gasteiger partial charge >= 0.3 is 5.97 Å². The molecule has 0 saturated carbocycles. The van der Waals surface area contributed by atoms with E-state index in [4.69, 9.17) is 9.84 Å². The van der Waals surface area contributed by atoms with Crippen LogP contribution < -0.4 is 4.74 Å². The van der Waals surface area contributed by atoms with Crippen LogP contribution >= 0.6 is 0 Å². The van der Waals surface area contributed by atoms with E-state index in [1.54, 1.807) is 13.8 Å². The lowest BCUT2D eigenvalue weighted by Crippen LogP contribution is -2.24. The molecule has 104 valence electrons. The molecule has 2 rings (SSSR count). The molecule has 1 aliphatic carbocycles. The van der Waals surface area contributed by atoms with Gasteiger partial charge in [0.05, 0.1) is 12.0 Å². The van der Waals surface area contributed by atoms with Crippen molar-refractivity contribution in [2.75, 3.05) is 6.61 Å². The van der Waals surface area contributed by atoms with E-state index in [-0.39, 0.29) is 0 Å². The van der Waals surface area contributed by atoms with Crippen LogP contribution in [-0.4, -0.2) is 17.7 Å². The summed E-state index contributed by atoms with van der Waals surface area (Å²) in [5.41, 5.74) is 2.18. The molecular weight excluding hydrogens is 240 g/mol. The van der Waals surface area contributed by atoms with Gasteiger partial charge in [-0.05, 0) is 69.2 Å². The molecule has 0 atom stereocenters. The smallest absolute Gasteiger partial charge is 0.309 e. The van der Waals surface area contributed by atoms with Gasteiger partial charge in [0, 0.05) is 0 Å². The molecule has 1 aromatic carbocycles. The Bertz CT molecular complexity index is 463. The van der Waals surface area contributed by atoms with Gasteiger partial charge in [0.15, 0.2) is 0 Å². The second-order valence-corrected chi connectivity index (χ2v) is 5.93. The fraction of sp³-hybridized carbons (Fsp3) is 0.562. The zero-order chi connectivity index (χ0) is 13.9. The number of carboxylic acid groups (broad SMARTS) is 1. The van der Waals surface area contributed by atoms with Crippen molar-refractivity contribution in [1.29, 1.82) is 0 Å². The summed E-state index contributed by atoms with van der Waals surface area (Å²) in [4.78, 5) is 11.0. The van der Waals surface area contributed by atoms with Gasteiger partial charge in [-0.2, -0.15) is 0 Å². The highest BCUT2D eigenvalue weighted by Crippen LogP contribution is 2.27. The quantitative estimate of drug-likeness (QED) is 0.799. The number of benzene rings is 1. The number of rotatable bonds is 6. The van der Waals surface area contributed by atoms with Crippen LogP contribution in [0.1, 0.15) is 44.2 Å². The minimum absolute atomic E-state index is 0.579. The fourth-order valence-electron chi connectivity index (χ4n) is 2.45. The highest BCUT2D eigenvalue weighted by Gasteiger charge is 2.26. The van der Waals surface area contributed by atoms with Crippen LogP contribution in [0.4, 0.5) is 0 Å². The number of ether oxygens (including phenoxy) is 1. The van der Waals surface area contributed by atoms with E-state index in [1.165, 1.54) is 24.0 Å². The maximum atomic E-state index is 11.0. The van der Waals surface area contributed by atoms with Gasteiger partial charge in [0.1, 0.15) is 5.75 Å². The largest absolute Gasteiger partial charge is 0.494 e. The second-order valence-electron chi connectivity index (χ2n) is 5.93. The number of hydrogen-bond donors (Lipinski definition) is 1. The van der Waals surface area contributed by atoms with Crippen molar-refractivity contribution in [3.05, 3.63) is 29.3 Å². The Morgan fingerprint density at radius 2 is 2.05 bits per heavy atom. The molecule has 1 aliphatic rings. The molecule has 0 radical (unpaired) electrons. The Hall–Kier alpha value is -1.51. The third-order valence-corrected chi connectivity index (χ3v) is 3.86. The Morgan fingerprint density at radius 3 is 2.79 bits per heavy atom. The first kappa shape index (κ1) is 13.9. The zero-order valence-corrected chi connectivity index (χ0v) is 11.7. The molecule has 3 nitrogen and oxygen atoms in total. The summed E-state index contributed by atoms with van der Waals surface area (Å²) < 4.78 is 5.71. The molecule has 0 aromatic heterocycles. The van der Waals surface area contributed by atoms with Crippen LogP contribution in [0.15, 0.2) is 18.2 Å². The number of aliphatic carboxylic acids is 1. The third-order valence-electron chi connectivity index (χ3n) is 3.86. The number of hydrogen-bond acceptors (Lipinski definition) is 2. The summed E-state index contributed by atoms with van der Waals surface area (Å²) in [6, 6.07) is 6.30. The molecule has 0 saturated heterocycles. The Kier molecular flexibility index (Phi) is 4.13. The first-order chi connectivity index (χ1) is 8.99. The summed E-state index contributed by atoms with van der Waals surface area (Å²) in [5, 5.41) is 9.02. The van der Waals surface area contributed by atoms with Crippen molar-refractivity contribution < 1.29 is 14.6 Å². The molecule has 1 N–H and O–H groups in total. The topological polar surface area (TPSA) is 46.5 Å². The number of carboxylic acids is 1. The van der Waals surface area contributed by atoms with Crippen LogP contribution in [0.2, 0.25) is 0 Å². The third kappa shape index (κ3) is 3.49. The normalized spacial score (nSPS) is 14.2. The van der Waals surface area contributed by atoms with E-state index in [0.717, 1.165) is 18.6 Å². The lowest BCUT2D eigenvalue weighted by molar-refractivity contribution is -0.147. The summed E-state index contributed by atoms with van der Waals surface area (Å²) in [7, 11) is 0. The fourth-order valence-corrected chi connectivity index (χ4v) is 2.45. The number of fused-ring (bicyclic) bond motifs is 1. The minimum atomic E-state index is -0.745. The Morgan fingerprint density at radius 1 is 1.32 bits per heavy atom. The first-order valence-electron chi connectivity index (χ1n) is 6.97. The molecule has 1 aromatic rings. The standard InChI is InChI=1S/C16H22O3/c1-16(2,15(17)18)9-4-10-19-14-8-7-12-5-3-6-13(12)11-14/h7-8,11H,3-6,9-10H2,1-2H3,(H,17,18). The van der Waals surface area contributed by atoms with Crippen molar-refractivity contribution >= 4 is 5.97 Å². The van der Waals surface area contributed by atoms with Crippen molar-refractivity contribution in [1.82, 2.24) is 0 Å². The van der Waals surface area contributed by atoms with Gasteiger partial charge in [-0.3, -0.25) is 4.79 Å².